The molecule has 0 rings (SSSR count). The lowest BCUT2D eigenvalue weighted by Crippen LogP contribution is -2.00. The van der Waals surface area contributed by atoms with E-state index in [1.165, 1.54) is 0 Å². The highest BCUT2D eigenvalue weighted by Gasteiger charge is 2.05. The van der Waals surface area contributed by atoms with Crippen LogP contribution in [0.15, 0.2) is 0 Å². The van der Waals surface area contributed by atoms with Gasteiger partial charge in [0.15, 0.2) is 0 Å². The van der Waals surface area contributed by atoms with Crippen molar-refractivity contribution in [2.75, 3.05) is 13.3 Å². The van der Waals surface area contributed by atoms with Gasteiger partial charge in [0.25, 0.3) is 0 Å². The Balaban J connectivity index is 3.61. The van der Waals surface area contributed by atoms with Crippen LogP contribution in [-0.4, -0.2) is 21.7 Å². The zero-order valence-electron chi connectivity index (χ0n) is 5.25. The van der Waals surface area contributed by atoms with E-state index < -0.39 is 10.4 Å². The summed E-state index contributed by atoms with van der Waals surface area (Å²) >= 11 is 0. The molecule has 4 nitrogen and oxygen atoms in total. The maximum absolute atomic E-state index is 10.3. The van der Waals surface area contributed by atoms with E-state index in [1.807, 2.05) is 6.92 Å². The molecule has 0 aromatic rings. The van der Waals surface area contributed by atoms with Crippen LogP contribution in [0.25, 0.3) is 0 Å². The first kappa shape index (κ1) is 9.30. The highest BCUT2D eigenvalue weighted by molar-refractivity contribution is 7.85. The molecule has 0 radical (unpaired) electrons. The van der Waals surface area contributed by atoms with Crippen LogP contribution in [0, 0.1) is 0 Å². The van der Waals surface area contributed by atoms with Gasteiger partial charge in [-0.25, -0.2) is 3.97 Å². The zero-order valence-corrected chi connectivity index (χ0v) is 7.06. The second-order valence-electron chi connectivity index (χ2n) is 1.16. The van der Waals surface area contributed by atoms with E-state index in [9.17, 15) is 8.42 Å². The van der Waals surface area contributed by atoms with Gasteiger partial charge in [0.05, 0.1) is 7.11 Å². The molecule has 0 aliphatic heterocycles. The van der Waals surface area contributed by atoms with E-state index in [1.54, 1.807) is 0 Å². The third kappa shape index (κ3) is 4.78. The summed E-state index contributed by atoms with van der Waals surface area (Å²) in [6, 6.07) is 0. The molecule has 9 heavy (non-hydrogen) atoms. The predicted octanol–water partition coefficient (Wildman–Crippen LogP) is 0.508. The van der Waals surface area contributed by atoms with Gasteiger partial charge in [-0.2, -0.15) is 8.42 Å². The standard InChI is InChI=1S/C3H9O4PS/c1-3-8-7-9(4,5)6-2/h8H,3H2,1-2H3. The van der Waals surface area contributed by atoms with Crippen molar-refractivity contribution in [3.05, 3.63) is 0 Å². The fraction of sp³-hybridized carbons (Fsp3) is 1.00. The van der Waals surface area contributed by atoms with Gasteiger partial charge in [-0.1, -0.05) is 6.92 Å². The SMILES string of the molecule is CCPOS(=O)(=O)OC. The molecule has 0 aromatic carbocycles. The molecule has 0 aliphatic rings. The highest BCUT2D eigenvalue weighted by Crippen LogP contribution is 2.14. The summed E-state index contributed by atoms with van der Waals surface area (Å²) in [5.41, 5.74) is 0. The Morgan fingerprint density at radius 1 is 1.56 bits per heavy atom. The quantitative estimate of drug-likeness (QED) is 0.579. The molecule has 0 aromatic heterocycles. The smallest absolute Gasteiger partial charge is 0.251 e. The average Bonchev–Trinajstić information content (AvgIpc) is 1.84. The first-order valence-electron chi connectivity index (χ1n) is 2.34. The van der Waals surface area contributed by atoms with Crippen molar-refractivity contribution >= 4 is 19.2 Å². The van der Waals surface area contributed by atoms with Crippen LogP contribution in [-0.2, 0) is 18.6 Å². The van der Waals surface area contributed by atoms with Crippen LogP contribution in [0.4, 0.5) is 0 Å². The van der Waals surface area contributed by atoms with E-state index in [2.05, 4.69) is 8.15 Å². The lowest BCUT2D eigenvalue weighted by molar-refractivity contribution is 0.341. The molecule has 0 amide bonds. The summed E-state index contributed by atoms with van der Waals surface area (Å²) in [7, 11) is -2.64. The van der Waals surface area contributed by atoms with Crippen molar-refractivity contribution in [2.24, 2.45) is 0 Å². The van der Waals surface area contributed by atoms with Crippen molar-refractivity contribution in [1.82, 2.24) is 0 Å². The van der Waals surface area contributed by atoms with Gasteiger partial charge < -0.3 is 0 Å². The van der Waals surface area contributed by atoms with Crippen LogP contribution >= 0.6 is 8.81 Å². The summed E-state index contributed by atoms with van der Waals surface area (Å²) in [6.45, 7) is 1.82. The van der Waals surface area contributed by atoms with Gasteiger partial charge in [-0.05, 0) is 6.16 Å². The first-order valence-corrected chi connectivity index (χ1v) is 4.79. The second kappa shape index (κ2) is 4.17. The normalized spacial score (nSPS) is 13.1. The van der Waals surface area contributed by atoms with Gasteiger partial charge in [0.1, 0.15) is 0 Å². The third-order valence-corrected chi connectivity index (χ3v) is 2.49. The minimum atomic E-state index is -3.67. The fourth-order valence-corrected chi connectivity index (χ4v) is 1.49. The summed E-state index contributed by atoms with van der Waals surface area (Å²) in [5, 5.41) is 0. The van der Waals surface area contributed by atoms with Crippen molar-refractivity contribution in [3.8, 4) is 0 Å². The first-order chi connectivity index (χ1) is 4.12. The lowest BCUT2D eigenvalue weighted by Gasteiger charge is -1.97. The van der Waals surface area contributed by atoms with Crippen LogP contribution in [0.3, 0.4) is 0 Å². The Labute approximate surface area is 56.7 Å². The average molecular weight is 172 g/mol. The summed E-state index contributed by atoms with van der Waals surface area (Å²) < 4.78 is 28.9. The molecule has 6 heteroatoms. The third-order valence-electron chi connectivity index (χ3n) is 0.509. The Morgan fingerprint density at radius 2 is 2.11 bits per heavy atom. The maximum atomic E-state index is 10.3. The number of hydrogen-bond donors (Lipinski definition) is 0. The van der Waals surface area contributed by atoms with Crippen molar-refractivity contribution in [3.63, 3.8) is 0 Å². The van der Waals surface area contributed by atoms with Gasteiger partial charge >= 0.3 is 10.4 Å². The van der Waals surface area contributed by atoms with Crippen LogP contribution in [0.5, 0.6) is 0 Å². The molecule has 0 fully saturated rings. The minimum Gasteiger partial charge on any atom is -0.251 e. The van der Waals surface area contributed by atoms with Gasteiger partial charge in [-0.3, -0.25) is 4.18 Å². The number of rotatable bonds is 4. The van der Waals surface area contributed by atoms with Gasteiger partial charge in [0.2, 0.25) is 0 Å². The van der Waals surface area contributed by atoms with E-state index in [0.717, 1.165) is 7.11 Å². The topological polar surface area (TPSA) is 52.6 Å². The molecule has 0 saturated heterocycles. The van der Waals surface area contributed by atoms with Crippen molar-refractivity contribution in [1.29, 1.82) is 0 Å². The van der Waals surface area contributed by atoms with E-state index in [4.69, 9.17) is 0 Å². The molecule has 0 aliphatic carbocycles. The fourth-order valence-electron chi connectivity index (χ4n) is 0.165. The molecule has 0 bridgehead atoms. The molecule has 0 spiro atoms. The molecule has 1 atom stereocenters. The van der Waals surface area contributed by atoms with E-state index in [0.29, 0.717) is 6.16 Å². The Hall–Kier alpha value is 0.300. The van der Waals surface area contributed by atoms with Gasteiger partial charge in [-0.15, -0.1) is 0 Å². The highest BCUT2D eigenvalue weighted by atomic mass is 32.3. The molecule has 0 N–H and O–H groups in total. The molecular formula is C3H9O4PS. The van der Waals surface area contributed by atoms with Crippen LogP contribution in [0.2, 0.25) is 0 Å². The summed E-state index contributed by atoms with van der Waals surface area (Å²) in [5.74, 6) is 0. The van der Waals surface area contributed by atoms with E-state index >= 15 is 0 Å². The molecule has 0 heterocycles. The van der Waals surface area contributed by atoms with Gasteiger partial charge in [0, 0.05) is 8.81 Å². The molecule has 1 unspecified atom stereocenters. The molecule has 56 valence electrons. The maximum Gasteiger partial charge on any atom is 0.402 e. The van der Waals surface area contributed by atoms with Crippen LogP contribution < -0.4 is 0 Å². The summed E-state index contributed by atoms with van der Waals surface area (Å²) in [4.78, 5) is 0. The Kier molecular flexibility index (Phi) is 4.31. The Bertz CT molecular complexity index is 151. The van der Waals surface area contributed by atoms with Crippen molar-refractivity contribution < 1.29 is 16.6 Å². The molecular weight excluding hydrogens is 163 g/mol. The predicted molar refractivity (Wildman–Crippen MR) is 35.9 cm³/mol. The minimum absolute atomic E-state index is 0.0399. The monoisotopic (exact) mass is 172 g/mol. The summed E-state index contributed by atoms with van der Waals surface area (Å²) in [6.07, 6.45) is 0.683. The largest absolute Gasteiger partial charge is 0.402 e. The second-order valence-corrected chi connectivity index (χ2v) is 3.97. The molecule has 0 saturated carbocycles. The van der Waals surface area contributed by atoms with E-state index in [-0.39, 0.29) is 8.81 Å². The zero-order chi connectivity index (χ0) is 7.33. The van der Waals surface area contributed by atoms with Crippen molar-refractivity contribution in [2.45, 2.75) is 6.92 Å². The lowest BCUT2D eigenvalue weighted by atomic mass is 11.0. The van der Waals surface area contributed by atoms with Crippen LogP contribution in [0.1, 0.15) is 6.92 Å². The Morgan fingerprint density at radius 3 is 2.44 bits per heavy atom. The number of hydrogen-bond acceptors (Lipinski definition) is 4.